The third-order valence-electron chi connectivity index (χ3n) is 5.42. The SMILES string of the molecule is CCc1cc2c(N3CCCC(C(=O)Nc4cc(OC)cc(OC)c4)C3)ncnc2s1. The van der Waals surface area contributed by atoms with E-state index in [4.69, 9.17) is 9.47 Å². The molecule has 158 valence electrons. The highest BCUT2D eigenvalue weighted by atomic mass is 32.1. The third-order valence-corrected chi connectivity index (χ3v) is 6.61. The van der Waals surface area contributed by atoms with E-state index in [0.717, 1.165) is 41.8 Å². The van der Waals surface area contributed by atoms with Crippen LogP contribution in [0.3, 0.4) is 0 Å². The van der Waals surface area contributed by atoms with Gasteiger partial charge < -0.3 is 19.7 Å². The van der Waals surface area contributed by atoms with Gasteiger partial charge in [0, 0.05) is 41.9 Å². The second kappa shape index (κ2) is 8.87. The fraction of sp³-hybridized carbons (Fsp3) is 0.409. The Bertz CT molecular complexity index is 1030. The summed E-state index contributed by atoms with van der Waals surface area (Å²) in [6.07, 6.45) is 4.40. The Morgan fingerprint density at radius 3 is 2.67 bits per heavy atom. The molecular weight excluding hydrogens is 400 g/mol. The minimum atomic E-state index is -0.120. The van der Waals surface area contributed by atoms with Crippen LogP contribution in [0.1, 0.15) is 24.6 Å². The van der Waals surface area contributed by atoms with Crippen LogP contribution in [-0.2, 0) is 11.2 Å². The van der Waals surface area contributed by atoms with Crippen LogP contribution < -0.4 is 19.7 Å². The van der Waals surface area contributed by atoms with Crippen LogP contribution in [0.2, 0.25) is 0 Å². The van der Waals surface area contributed by atoms with Crippen LogP contribution in [0.4, 0.5) is 11.5 Å². The maximum Gasteiger partial charge on any atom is 0.229 e. The van der Waals surface area contributed by atoms with Crippen molar-refractivity contribution >= 4 is 39.0 Å². The number of amides is 1. The molecule has 8 heteroatoms. The summed E-state index contributed by atoms with van der Waals surface area (Å²) < 4.78 is 10.6. The first kappa shape index (κ1) is 20.4. The summed E-state index contributed by atoms with van der Waals surface area (Å²) in [6.45, 7) is 3.67. The van der Waals surface area contributed by atoms with Crippen molar-refractivity contribution < 1.29 is 14.3 Å². The molecule has 0 radical (unpaired) electrons. The molecule has 3 heterocycles. The summed E-state index contributed by atoms with van der Waals surface area (Å²) in [4.78, 5) is 26.5. The average Bonchev–Trinajstić information content (AvgIpc) is 3.22. The minimum absolute atomic E-state index is 0.000119. The van der Waals surface area contributed by atoms with E-state index in [2.05, 4.69) is 33.2 Å². The van der Waals surface area contributed by atoms with Crippen molar-refractivity contribution in [3.63, 3.8) is 0 Å². The van der Waals surface area contributed by atoms with Gasteiger partial charge in [0.15, 0.2) is 0 Å². The molecular formula is C22H26N4O3S. The highest BCUT2D eigenvalue weighted by molar-refractivity contribution is 7.18. The van der Waals surface area contributed by atoms with E-state index in [9.17, 15) is 4.79 Å². The molecule has 3 aromatic rings. The quantitative estimate of drug-likeness (QED) is 0.639. The van der Waals surface area contributed by atoms with E-state index in [0.29, 0.717) is 23.7 Å². The predicted molar refractivity (Wildman–Crippen MR) is 120 cm³/mol. The molecule has 1 saturated heterocycles. The molecule has 1 aliphatic rings. The maximum atomic E-state index is 13.0. The summed E-state index contributed by atoms with van der Waals surface area (Å²) in [5.41, 5.74) is 0.670. The lowest BCUT2D eigenvalue weighted by Crippen LogP contribution is -2.41. The molecule has 30 heavy (non-hydrogen) atoms. The van der Waals surface area contributed by atoms with E-state index in [1.54, 1.807) is 50.1 Å². The number of aromatic nitrogens is 2. The molecule has 1 aromatic carbocycles. The Kier molecular flexibility index (Phi) is 6.03. The lowest BCUT2D eigenvalue weighted by Gasteiger charge is -2.33. The van der Waals surface area contributed by atoms with Crippen LogP contribution in [0, 0.1) is 5.92 Å². The number of piperidine rings is 1. The number of thiophene rings is 1. The second-order valence-electron chi connectivity index (χ2n) is 7.36. The average molecular weight is 427 g/mol. The van der Waals surface area contributed by atoms with Gasteiger partial charge in [-0.15, -0.1) is 11.3 Å². The number of ether oxygens (including phenoxy) is 2. The number of hydrogen-bond donors (Lipinski definition) is 1. The zero-order chi connectivity index (χ0) is 21.1. The second-order valence-corrected chi connectivity index (χ2v) is 8.47. The van der Waals surface area contributed by atoms with E-state index >= 15 is 0 Å². The molecule has 1 N–H and O–H groups in total. The first-order chi connectivity index (χ1) is 14.6. The smallest absolute Gasteiger partial charge is 0.229 e. The summed E-state index contributed by atoms with van der Waals surface area (Å²) in [7, 11) is 3.19. The van der Waals surface area contributed by atoms with Crippen molar-refractivity contribution in [2.45, 2.75) is 26.2 Å². The third kappa shape index (κ3) is 4.18. The molecule has 0 aliphatic carbocycles. The fourth-order valence-electron chi connectivity index (χ4n) is 3.83. The van der Waals surface area contributed by atoms with E-state index in [-0.39, 0.29) is 11.8 Å². The Hall–Kier alpha value is -2.87. The topological polar surface area (TPSA) is 76.6 Å². The number of aryl methyl sites for hydroxylation is 1. The predicted octanol–water partition coefficient (Wildman–Crippen LogP) is 4.13. The highest BCUT2D eigenvalue weighted by Gasteiger charge is 2.28. The Morgan fingerprint density at radius 1 is 1.20 bits per heavy atom. The summed E-state index contributed by atoms with van der Waals surface area (Å²) in [6, 6.07) is 7.56. The summed E-state index contributed by atoms with van der Waals surface area (Å²) in [5.74, 6) is 2.09. The number of carbonyl (C=O) groups excluding carboxylic acids is 1. The van der Waals surface area contributed by atoms with Gasteiger partial charge in [-0.3, -0.25) is 4.79 Å². The summed E-state index contributed by atoms with van der Waals surface area (Å²) in [5, 5.41) is 4.11. The molecule has 0 spiro atoms. The Morgan fingerprint density at radius 2 is 1.97 bits per heavy atom. The van der Waals surface area contributed by atoms with Crippen LogP contribution in [0.15, 0.2) is 30.6 Å². The number of fused-ring (bicyclic) bond motifs is 1. The van der Waals surface area contributed by atoms with Gasteiger partial charge in [0.2, 0.25) is 5.91 Å². The van der Waals surface area contributed by atoms with Crippen LogP contribution in [-0.4, -0.2) is 43.2 Å². The zero-order valence-corrected chi connectivity index (χ0v) is 18.3. The van der Waals surface area contributed by atoms with Gasteiger partial charge in [0.05, 0.1) is 25.5 Å². The highest BCUT2D eigenvalue weighted by Crippen LogP contribution is 2.33. The van der Waals surface area contributed by atoms with Gasteiger partial charge in [0.25, 0.3) is 0 Å². The molecule has 1 unspecified atom stereocenters. The molecule has 0 bridgehead atoms. The first-order valence-corrected chi connectivity index (χ1v) is 10.9. The number of nitrogens with zero attached hydrogens (tertiary/aromatic N) is 3. The molecule has 1 aliphatic heterocycles. The molecule has 1 amide bonds. The molecule has 1 fully saturated rings. The van der Waals surface area contributed by atoms with Crippen molar-refractivity contribution in [2.24, 2.45) is 5.92 Å². The van der Waals surface area contributed by atoms with Gasteiger partial charge in [-0.05, 0) is 25.3 Å². The first-order valence-electron chi connectivity index (χ1n) is 10.1. The monoisotopic (exact) mass is 426 g/mol. The Labute approximate surface area is 180 Å². The number of anilines is 2. The van der Waals surface area contributed by atoms with Crippen molar-refractivity contribution in [2.75, 3.05) is 37.5 Å². The van der Waals surface area contributed by atoms with Crippen LogP contribution in [0.25, 0.3) is 10.2 Å². The van der Waals surface area contributed by atoms with E-state index in [1.807, 2.05) is 0 Å². The zero-order valence-electron chi connectivity index (χ0n) is 17.5. The molecule has 4 rings (SSSR count). The normalized spacial score (nSPS) is 16.5. The van der Waals surface area contributed by atoms with E-state index < -0.39 is 0 Å². The van der Waals surface area contributed by atoms with Gasteiger partial charge in [-0.25, -0.2) is 9.97 Å². The van der Waals surface area contributed by atoms with Gasteiger partial charge in [-0.1, -0.05) is 6.92 Å². The lowest BCUT2D eigenvalue weighted by molar-refractivity contribution is -0.120. The van der Waals surface area contributed by atoms with Gasteiger partial charge >= 0.3 is 0 Å². The number of carbonyl (C=O) groups is 1. The number of benzene rings is 1. The molecule has 1 atom stereocenters. The van der Waals surface area contributed by atoms with Gasteiger partial charge in [-0.2, -0.15) is 0 Å². The Balaban J connectivity index is 1.52. The van der Waals surface area contributed by atoms with Crippen molar-refractivity contribution in [1.29, 1.82) is 0 Å². The van der Waals surface area contributed by atoms with Crippen molar-refractivity contribution in [3.8, 4) is 11.5 Å². The van der Waals surface area contributed by atoms with Crippen LogP contribution in [0.5, 0.6) is 11.5 Å². The largest absolute Gasteiger partial charge is 0.497 e. The number of nitrogens with one attached hydrogen (secondary N) is 1. The van der Waals surface area contributed by atoms with Crippen molar-refractivity contribution in [3.05, 3.63) is 35.5 Å². The molecule has 0 saturated carbocycles. The maximum absolute atomic E-state index is 13.0. The van der Waals surface area contributed by atoms with Crippen LogP contribution >= 0.6 is 11.3 Å². The summed E-state index contributed by atoms with van der Waals surface area (Å²) >= 11 is 1.71. The van der Waals surface area contributed by atoms with E-state index in [1.165, 1.54) is 4.88 Å². The van der Waals surface area contributed by atoms with Gasteiger partial charge in [0.1, 0.15) is 28.5 Å². The minimum Gasteiger partial charge on any atom is -0.497 e. The number of methoxy groups -OCH3 is 2. The lowest BCUT2D eigenvalue weighted by atomic mass is 9.96. The standard InChI is InChI=1S/C22H26N4O3S/c1-4-18-11-19-20(23-13-24-22(19)30-18)26-7-5-6-14(12-26)21(27)25-15-8-16(28-2)10-17(9-15)29-3/h8-11,13-14H,4-7,12H2,1-3H3,(H,25,27). The fourth-order valence-corrected chi connectivity index (χ4v) is 4.76. The van der Waals surface area contributed by atoms with Crippen molar-refractivity contribution in [1.82, 2.24) is 9.97 Å². The number of rotatable bonds is 6. The molecule has 7 nitrogen and oxygen atoms in total. The number of hydrogen-bond acceptors (Lipinski definition) is 7. The molecule has 2 aromatic heterocycles.